The van der Waals surface area contributed by atoms with Gasteiger partial charge in [0.15, 0.2) is 5.82 Å². The number of hydrogen-bond donors (Lipinski definition) is 2. The molecule has 0 radical (unpaired) electrons. The maximum atomic E-state index is 11.7. The fraction of sp³-hybridized carbons (Fsp3) is 0.636. The minimum Gasteiger partial charge on any atom is -0.462 e. The highest BCUT2D eigenvalue weighted by Gasteiger charge is 2.21. The number of ether oxygens (including phenoxy) is 1. The summed E-state index contributed by atoms with van der Waals surface area (Å²) in [7, 11) is 0. The molecule has 1 aromatic heterocycles. The number of esters is 1. The van der Waals surface area contributed by atoms with Gasteiger partial charge in [-0.25, -0.2) is 4.79 Å². The van der Waals surface area contributed by atoms with Gasteiger partial charge in [-0.15, -0.1) is 0 Å². The van der Waals surface area contributed by atoms with Crippen LogP contribution in [0.15, 0.2) is 0 Å². The molecule has 0 saturated carbocycles. The third-order valence-corrected chi connectivity index (χ3v) is 2.80. The van der Waals surface area contributed by atoms with Crippen molar-refractivity contribution in [3.8, 4) is 0 Å². The van der Waals surface area contributed by atoms with Gasteiger partial charge >= 0.3 is 5.97 Å². The van der Waals surface area contributed by atoms with Crippen LogP contribution < -0.4 is 11.1 Å². The Morgan fingerprint density at radius 3 is 2.71 bits per heavy atom. The lowest BCUT2D eigenvalue weighted by Crippen LogP contribution is -2.20. The van der Waals surface area contributed by atoms with Gasteiger partial charge in [0.2, 0.25) is 0 Å². The number of carbonyl (C=O) groups is 1. The smallest absolute Gasteiger partial charge is 0.344 e. The molecule has 17 heavy (non-hydrogen) atoms. The molecule has 0 aromatic carbocycles. The molecule has 0 bridgehead atoms. The zero-order valence-corrected chi connectivity index (χ0v) is 11.5. The third-order valence-electron chi connectivity index (χ3n) is 1.98. The lowest BCUT2D eigenvalue weighted by atomic mass is 9.97. The molecular weight excluding hydrogens is 238 g/mol. The normalized spacial score (nSPS) is 11.3. The van der Waals surface area contributed by atoms with E-state index in [-0.39, 0.29) is 11.2 Å². The molecule has 0 atom stereocenters. The van der Waals surface area contributed by atoms with Crippen LogP contribution in [0, 0.1) is 5.41 Å². The third kappa shape index (κ3) is 3.89. The fourth-order valence-electron chi connectivity index (χ4n) is 1.17. The highest BCUT2D eigenvalue weighted by Crippen LogP contribution is 2.28. The van der Waals surface area contributed by atoms with E-state index in [2.05, 4.69) is 30.5 Å². The monoisotopic (exact) mass is 257 g/mol. The number of anilines is 2. The number of nitrogens with one attached hydrogen (secondary N) is 1. The highest BCUT2D eigenvalue weighted by atomic mass is 32.1. The number of aromatic nitrogens is 1. The van der Waals surface area contributed by atoms with Crippen LogP contribution in [0.1, 0.15) is 38.1 Å². The van der Waals surface area contributed by atoms with E-state index in [0.717, 1.165) is 6.54 Å². The number of nitrogens with two attached hydrogens (primary N) is 1. The largest absolute Gasteiger partial charge is 0.462 e. The lowest BCUT2D eigenvalue weighted by Gasteiger charge is -2.19. The molecule has 0 spiro atoms. The first kappa shape index (κ1) is 13.8. The van der Waals surface area contributed by atoms with E-state index < -0.39 is 5.97 Å². The zero-order chi connectivity index (χ0) is 13.1. The van der Waals surface area contributed by atoms with Gasteiger partial charge in [0.05, 0.1) is 6.61 Å². The molecule has 0 amide bonds. The molecule has 0 aliphatic rings. The van der Waals surface area contributed by atoms with E-state index in [1.165, 1.54) is 11.5 Å². The first-order chi connectivity index (χ1) is 7.85. The number of nitrogens with zero attached hydrogens (tertiary/aromatic N) is 1. The molecule has 1 rings (SSSR count). The topological polar surface area (TPSA) is 77.2 Å². The molecule has 0 aliphatic carbocycles. The number of nitrogen functional groups attached to an aromatic ring is 1. The second-order valence-corrected chi connectivity index (χ2v) is 5.68. The molecule has 1 aromatic rings. The maximum absolute atomic E-state index is 11.7. The van der Waals surface area contributed by atoms with E-state index in [0.29, 0.717) is 17.2 Å². The van der Waals surface area contributed by atoms with Crippen LogP contribution in [-0.4, -0.2) is 23.5 Å². The summed E-state index contributed by atoms with van der Waals surface area (Å²) in [5, 5.41) is 3.87. The summed E-state index contributed by atoms with van der Waals surface area (Å²) >= 11 is 1.18. The Labute approximate surface area is 106 Å². The summed E-state index contributed by atoms with van der Waals surface area (Å²) in [5.41, 5.74) is 6.13. The van der Waals surface area contributed by atoms with Gasteiger partial charge in [0, 0.05) is 6.54 Å². The van der Waals surface area contributed by atoms with E-state index in [1.807, 2.05) is 0 Å². The van der Waals surface area contributed by atoms with Crippen LogP contribution in [0.2, 0.25) is 0 Å². The van der Waals surface area contributed by atoms with Crippen LogP contribution in [-0.2, 0) is 4.74 Å². The summed E-state index contributed by atoms with van der Waals surface area (Å²) in [6.45, 7) is 9.14. The van der Waals surface area contributed by atoms with Gasteiger partial charge in [-0.05, 0) is 23.9 Å². The summed E-state index contributed by atoms with van der Waals surface area (Å²) in [5.74, 6) is -0.194. The van der Waals surface area contributed by atoms with Crippen molar-refractivity contribution in [3.63, 3.8) is 0 Å². The second-order valence-electron chi connectivity index (χ2n) is 4.91. The van der Waals surface area contributed by atoms with Gasteiger partial charge in [-0.3, -0.25) is 0 Å². The van der Waals surface area contributed by atoms with Crippen molar-refractivity contribution < 1.29 is 9.53 Å². The van der Waals surface area contributed by atoms with Crippen LogP contribution >= 0.6 is 11.5 Å². The fourth-order valence-corrected chi connectivity index (χ4v) is 1.87. The standard InChI is InChI=1S/C11H19N3O2S/c1-5-16-10(15)7-8(12)14-17-9(7)13-6-11(2,3)4/h13H,5-6H2,1-4H3,(H2,12,14). The molecule has 5 nitrogen and oxygen atoms in total. The van der Waals surface area contributed by atoms with Crippen molar-refractivity contribution in [2.24, 2.45) is 5.41 Å². The number of carbonyl (C=O) groups excluding carboxylic acids is 1. The van der Waals surface area contributed by atoms with Crippen molar-refractivity contribution in [3.05, 3.63) is 5.56 Å². The summed E-state index contributed by atoms with van der Waals surface area (Å²) in [6, 6.07) is 0. The first-order valence-corrected chi connectivity index (χ1v) is 6.28. The number of hydrogen-bond acceptors (Lipinski definition) is 6. The molecular formula is C11H19N3O2S. The average Bonchev–Trinajstić information content (AvgIpc) is 2.56. The Morgan fingerprint density at radius 2 is 2.18 bits per heavy atom. The summed E-state index contributed by atoms with van der Waals surface area (Å²) in [4.78, 5) is 11.7. The van der Waals surface area contributed by atoms with E-state index >= 15 is 0 Å². The van der Waals surface area contributed by atoms with E-state index in [9.17, 15) is 4.79 Å². The Bertz CT molecular complexity index is 396. The minimum atomic E-state index is -0.421. The summed E-state index contributed by atoms with van der Waals surface area (Å²) in [6.07, 6.45) is 0. The number of rotatable bonds is 4. The molecule has 6 heteroatoms. The average molecular weight is 257 g/mol. The molecule has 0 saturated heterocycles. The van der Waals surface area contributed by atoms with E-state index in [4.69, 9.17) is 10.5 Å². The molecule has 1 heterocycles. The Balaban J connectivity index is 2.83. The van der Waals surface area contributed by atoms with Gasteiger partial charge in [-0.2, -0.15) is 4.37 Å². The van der Waals surface area contributed by atoms with Crippen LogP contribution in [0.3, 0.4) is 0 Å². The molecule has 96 valence electrons. The van der Waals surface area contributed by atoms with Crippen LogP contribution in [0.4, 0.5) is 10.8 Å². The van der Waals surface area contributed by atoms with Gasteiger partial charge in [0.1, 0.15) is 10.6 Å². The van der Waals surface area contributed by atoms with Crippen molar-refractivity contribution in [1.82, 2.24) is 4.37 Å². The van der Waals surface area contributed by atoms with Crippen molar-refractivity contribution in [2.75, 3.05) is 24.2 Å². The maximum Gasteiger partial charge on any atom is 0.344 e. The molecule has 0 unspecified atom stereocenters. The predicted octanol–water partition coefficient (Wildman–Crippen LogP) is 2.36. The predicted molar refractivity (Wildman–Crippen MR) is 70.4 cm³/mol. The van der Waals surface area contributed by atoms with Crippen LogP contribution in [0.5, 0.6) is 0 Å². The quantitative estimate of drug-likeness (QED) is 0.810. The lowest BCUT2D eigenvalue weighted by molar-refractivity contribution is 0.0529. The van der Waals surface area contributed by atoms with Crippen LogP contribution in [0.25, 0.3) is 0 Å². The molecule has 0 fully saturated rings. The van der Waals surface area contributed by atoms with E-state index in [1.54, 1.807) is 6.92 Å². The zero-order valence-electron chi connectivity index (χ0n) is 10.7. The SMILES string of the molecule is CCOC(=O)c1c(N)nsc1NCC(C)(C)C. The first-order valence-electron chi connectivity index (χ1n) is 5.51. The van der Waals surface area contributed by atoms with Gasteiger partial charge in [0.25, 0.3) is 0 Å². The molecule has 3 N–H and O–H groups in total. The van der Waals surface area contributed by atoms with Gasteiger partial charge in [-0.1, -0.05) is 20.8 Å². The van der Waals surface area contributed by atoms with Crippen molar-refractivity contribution in [2.45, 2.75) is 27.7 Å². The summed E-state index contributed by atoms with van der Waals surface area (Å²) < 4.78 is 8.92. The minimum absolute atomic E-state index is 0.116. The Hall–Kier alpha value is -1.30. The Kier molecular flexibility index (Phi) is 4.34. The molecule has 0 aliphatic heterocycles. The van der Waals surface area contributed by atoms with Crippen molar-refractivity contribution in [1.29, 1.82) is 0 Å². The highest BCUT2D eigenvalue weighted by molar-refractivity contribution is 7.11. The van der Waals surface area contributed by atoms with Crippen molar-refractivity contribution >= 4 is 28.3 Å². The van der Waals surface area contributed by atoms with Gasteiger partial charge < -0.3 is 15.8 Å². The second kappa shape index (κ2) is 5.35. The Morgan fingerprint density at radius 1 is 1.53 bits per heavy atom.